The third-order valence-corrected chi connectivity index (χ3v) is 3.55. The minimum absolute atomic E-state index is 0.636. The lowest BCUT2D eigenvalue weighted by Crippen LogP contribution is -2.24. The first-order chi connectivity index (χ1) is 7.18. The molecule has 1 atom stereocenters. The summed E-state index contributed by atoms with van der Waals surface area (Å²) in [5.74, 6) is 0. The standard InChI is InChI=1S/C13H16BrN/c1-10-5-4-8-15(10)11(2)12-6-3-7-13(14)9-12/h3,6-7,9-10H,2,4-5,8H2,1H3. The lowest BCUT2D eigenvalue weighted by atomic mass is 10.1. The predicted octanol–water partition coefficient (Wildman–Crippen LogP) is 3.90. The molecule has 1 fully saturated rings. The van der Waals surface area contributed by atoms with Crippen LogP contribution in [0.2, 0.25) is 0 Å². The van der Waals surface area contributed by atoms with Crippen molar-refractivity contribution in [2.45, 2.75) is 25.8 Å². The van der Waals surface area contributed by atoms with Gasteiger partial charge in [-0.15, -0.1) is 0 Å². The van der Waals surface area contributed by atoms with Crippen molar-refractivity contribution < 1.29 is 0 Å². The van der Waals surface area contributed by atoms with Crippen LogP contribution in [0.25, 0.3) is 5.70 Å². The average molecular weight is 266 g/mol. The van der Waals surface area contributed by atoms with E-state index < -0.39 is 0 Å². The van der Waals surface area contributed by atoms with E-state index in [9.17, 15) is 0 Å². The molecule has 0 N–H and O–H groups in total. The fourth-order valence-corrected chi connectivity index (χ4v) is 2.57. The maximum absolute atomic E-state index is 4.20. The van der Waals surface area contributed by atoms with Gasteiger partial charge in [0.25, 0.3) is 0 Å². The van der Waals surface area contributed by atoms with Gasteiger partial charge in [-0.1, -0.05) is 34.6 Å². The van der Waals surface area contributed by atoms with Crippen molar-refractivity contribution in [1.82, 2.24) is 4.90 Å². The number of hydrogen-bond acceptors (Lipinski definition) is 1. The molecule has 0 aromatic heterocycles. The Morgan fingerprint density at radius 3 is 2.93 bits per heavy atom. The largest absolute Gasteiger partial charge is 0.369 e. The Morgan fingerprint density at radius 1 is 1.53 bits per heavy atom. The molecule has 0 amide bonds. The van der Waals surface area contributed by atoms with Crippen molar-refractivity contribution in [1.29, 1.82) is 0 Å². The first-order valence-electron chi connectivity index (χ1n) is 5.40. The number of nitrogens with zero attached hydrogens (tertiary/aromatic N) is 1. The smallest absolute Gasteiger partial charge is 0.0369 e. The Kier molecular flexibility index (Phi) is 3.15. The monoisotopic (exact) mass is 265 g/mol. The van der Waals surface area contributed by atoms with E-state index in [2.05, 4.69) is 52.5 Å². The maximum Gasteiger partial charge on any atom is 0.0369 e. The highest BCUT2D eigenvalue weighted by Gasteiger charge is 2.21. The Hall–Kier alpha value is -0.760. The molecule has 1 aliphatic rings. The van der Waals surface area contributed by atoms with Gasteiger partial charge in [0.05, 0.1) is 0 Å². The minimum atomic E-state index is 0.636. The molecule has 2 heteroatoms. The zero-order valence-corrected chi connectivity index (χ0v) is 10.6. The molecule has 0 bridgehead atoms. The SMILES string of the molecule is C=C(c1cccc(Br)c1)N1CCCC1C. The first kappa shape index (κ1) is 10.7. The fourth-order valence-electron chi connectivity index (χ4n) is 2.17. The number of hydrogen-bond donors (Lipinski definition) is 0. The predicted molar refractivity (Wildman–Crippen MR) is 68.6 cm³/mol. The van der Waals surface area contributed by atoms with Crippen LogP contribution in [0.4, 0.5) is 0 Å². The molecule has 1 saturated heterocycles. The average Bonchev–Trinajstić information content (AvgIpc) is 2.63. The van der Waals surface area contributed by atoms with Crippen molar-refractivity contribution >= 4 is 21.6 Å². The van der Waals surface area contributed by atoms with E-state index >= 15 is 0 Å². The Morgan fingerprint density at radius 2 is 2.33 bits per heavy atom. The molecule has 80 valence electrons. The number of rotatable bonds is 2. The van der Waals surface area contributed by atoms with Gasteiger partial charge in [0, 0.05) is 22.8 Å². The van der Waals surface area contributed by atoms with Crippen LogP contribution in [-0.4, -0.2) is 17.5 Å². The van der Waals surface area contributed by atoms with Crippen molar-refractivity contribution in [2.24, 2.45) is 0 Å². The summed E-state index contributed by atoms with van der Waals surface area (Å²) in [6.07, 6.45) is 2.57. The molecule has 1 aromatic rings. The molecule has 2 rings (SSSR count). The van der Waals surface area contributed by atoms with Gasteiger partial charge in [-0.05, 0) is 37.5 Å². The van der Waals surface area contributed by atoms with Crippen LogP contribution in [0.1, 0.15) is 25.3 Å². The Labute approximate surface area is 99.9 Å². The van der Waals surface area contributed by atoms with Gasteiger partial charge in [-0.25, -0.2) is 0 Å². The number of halogens is 1. The molecule has 1 nitrogen and oxygen atoms in total. The van der Waals surface area contributed by atoms with Gasteiger partial charge in [0.1, 0.15) is 0 Å². The summed E-state index contributed by atoms with van der Waals surface area (Å²) in [6, 6.07) is 9.00. The normalized spacial score (nSPS) is 20.7. The molecule has 1 heterocycles. The highest BCUT2D eigenvalue weighted by molar-refractivity contribution is 9.10. The van der Waals surface area contributed by atoms with Gasteiger partial charge in [-0.3, -0.25) is 0 Å². The minimum Gasteiger partial charge on any atom is -0.369 e. The van der Waals surface area contributed by atoms with E-state index in [0.717, 1.165) is 16.7 Å². The van der Waals surface area contributed by atoms with E-state index in [1.54, 1.807) is 0 Å². The zero-order valence-electron chi connectivity index (χ0n) is 9.04. The molecule has 0 radical (unpaired) electrons. The van der Waals surface area contributed by atoms with E-state index in [1.165, 1.54) is 18.4 Å². The molecule has 0 aliphatic carbocycles. The molecule has 1 unspecified atom stereocenters. The second-order valence-electron chi connectivity index (χ2n) is 4.14. The second kappa shape index (κ2) is 4.40. The van der Waals surface area contributed by atoms with Gasteiger partial charge in [-0.2, -0.15) is 0 Å². The summed E-state index contributed by atoms with van der Waals surface area (Å²) in [4.78, 5) is 2.40. The Balaban J connectivity index is 2.20. The van der Waals surface area contributed by atoms with Crippen molar-refractivity contribution in [3.05, 3.63) is 40.9 Å². The van der Waals surface area contributed by atoms with Crippen LogP contribution in [0.15, 0.2) is 35.3 Å². The first-order valence-corrected chi connectivity index (χ1v) is 6.19. The van der Waals surface area contributed by atoms with E-state index in [4.69, 9.17) is 0 Å². The summed E-state index contributed by atoms with van der Waals surface area (Å²) >= 11 is 3.49. The molecular weight excluding hydrogens is 250 g/mol. The third kappa shape index (κ3) is 2.25. The lowest BCUT2D eigenvalue weighted by molar-refractivity contribution is 0.394. The molecule has 0 saturated carbocycles. The summed E-state index contributed by atoms with van der Waals surface area (Å²) in [5.41, 5.74) is 2.37. The van der Waals surface area contributed by atoms with Crippen molar-refractivity contribution in [2.75, 3.05) is 6.54 Å². The third-order valence-electron chi connectivity index (χ3n) is 3.06. The van der Waals surface area contributed by atoms with Gasteiger partial charge >= 0.3 is 0 Å². The van der Waals surface area contributed by atoms with E-state index in [-0.39, 0.29) is 0 Å². The van der Waals surface area contributed by atoms with Crippen LogP contribution in [0.5, 0.6) is 0 Å². The zero-order chi connectivity index (χ0) is 10.8. The highest BCUT2D eigenvalue weighted by Crippen LogP contribution is 2.28. The van der Waals surface area contributed by atoms with Gasteiger partial charge in [0.2, 0.25) is 0 Å². The Bertz CT molecular complexity index is 373. The summed E-state index contributed by atoms with van der Waals surface area (Å²) in [5, 5.41) is 0. The lowest BCUT2D eigenvalue weighted by Gasteiger charge is -2.26. The van der Waals surface area contributed by atoms with Crippen LogP contribution in [-0.2, 0) is 0 Å². The molecule has 1 aromatic carbocycles. The van der Waals surface area contributed by atoms with Crippen LogP contribution in [0.3, 0.4) is 0 Å². The highest BCUT2D eigenvalue weighted by atomic mass is 79.9. The molecule has 15 heavy (non-hydrogen) atoms. The summed E-state index contributed by atoms with van der Waals surface area (Å²) < 4.78 is 1.12. The van der Waals surface area contributed by atoms with E-state index in [0.29, 0.717) is 6.04 Å². The molecule has 0 spiro atoms. The van der Waals surface area contributed by atoms with Crippen molar-refractivity contribution in [3.8, 4) is 0 Å². The van der Waals surface area contributed by atoms with Crippen molar-refractivity contribution in [3.63, 3.8) is 0 Å². The molecule has 1 aliphatic heterocycles. The van der Waals surface area contributed by atoms with E-state index in [1.807, 2.05) is 6.07 Å². The second-order valence-corrected chi connectivity index (χ2v) is 5.06. The van der Waals surface area contributed by atoms with Gasteiger partial charge in [0.15, 0.2) is 0 Å². The number of benzene rings is 1. The molecular formula is C13H16BrN. The summed E-state index contributed by atoms with van der Waals surface area (Å²) in [6.45, 7) is 7.62. The summed E-state index contributed by atoms with van der Waals surface area (Å²) in [7, 11) is 0. The van der Waals surface area contributed by atoms with Crippen LogP contribution in [0, 0.1) is 0 Å². The van der Waals surface area contributed by atoms with Crippen LogP contribution >= 0.6 is 15.9 Å². The van der Waals surface area contributed by atoms with Crippen LogP contribution < -0.4 is 0 Å². The topological polar surface area (TPSA) is 3.24 Å². The quantitative estimate of drug-likeness (QED) is 0.784. The number of likely N-dealkylation sites (tertiary alicyclic amines) is 1. The van der Waals surface area contributed by atoms with Gasteiger partial charge < -0.3 is 4.90 Å². The maximum atomic E-state index is 4.20. The fraction of sp³-hybridized carbons (Fsp3) is 0.385.